The molecule has 1 heterocycles. The van der Waals surface area contributed by atoms with E-state index < -0.39 is 41.1 Å². The summed E-state index contributed by atoms with van der Waals surface area (Å²) in [6.45, 7) is 3.12. The molecule has 3 atom stereocenters. The number of hydrogen-bond acceptors (Lipinski definition) is 5. The average molecular weight is 439 g/mol. The minimum Gasteiger partial charge on any atom is -0.481 e. The smallest absolute Gasteiger partial charge is 0.416 e. The van der Waals surface area contributed by atoms with E-state index in [1.54, 1.807) is 13.8 Å². The summed E-state index contributed by atoms with van der Waals surface area (Å²) >= 11 is 0. The quantitative estimate of drug-likeness (QED) is 0.385. The number of allylic oxidation sites excluding steroid dienone is 1. The number of benzene rings is 1. The van der Waals surface area contributed by atoms with Gasteiger partial charge in [-0.3, -0.25) is 4.79 Å². The number of hydrogen-bond donors (Lipinski definition) is 2. The molecule has 0 saturated carbocycles. The van der Waals surface area contributed by atoms with Crippen LogP contribution in [-0.2, 0) is 25.2 Å². The molecule has 2 N–H and O–H groups in total. The average Bonchev–Trinajstić information content (AvgIpc) is 2.69. The number of rotatable bonds is 7. The summed E-state index contributed by atoms with van der Waals surface area (Å²) in [4.78, 5) is 25.5. The molecular weight excluding hydrogens is 415 g/mol. The van der Waals surface area contributed by atoms with Crippen molar-refractivity contribution in [2.75, 3.05) is 20.3 Å². The third kappa shape index (κ3) is 4.69. The lowest BCUT2D eigenvalue weighted by molar-refractivity contribution is -0.153. The molecule has 1 aliphatic rings. The molecule has 9 heteroatoms. The zero-order valence-electron chi connectivity index (χ0n) is 17.4. The summed E-state index contributed by atoms with van der Waals surface area (Å²) in [5, 5.41) is 13.1. The molecule has 0 aliphatic carbocycles. The van der Waals surface area contributed by atoms with Gasteiger partial charge in [0, 0.05) is 31.2 Å². The van der Waals surface area contributed by atoms with Crippen molar-refractivity contribution in [3.63, 3.8) is 0 Å². The molecule has 0 amide bonds. The van der Waals surface area contributed by atoms with Gasteiger partial charge in [-0.1, -0.05) is 18.2 Å². The molecule has 1 aromatic rings. The molecule has 0 spiro atoms. The van der Waals surface area contributed by atoms with E-state index in [0.717, 1.165) is 12.1 Å². The highest BCUT2D eigenvalue weighted by molar-refractivity contribution is 5.94. The Hall–Kier alpha value is -2.99. The minimum atomic E-state index is -4.65. The molecule has 168 valence electrons. The predicted molar refractivity (Wildman–Crippen MR) is 106 cm³/mol. The van der Waals surface area contributed by atoms with Gasteiger partial charge in [0.25, 0.3) is 0 Å². The lowest BCUT2D eigenvalue weighted by Crippen LogP contribution is -2.56. The van der Waals surface area contributed by atoms with Crippen molar-refractivity contribution in [1.82, 2.24) is 5.32 Å². The maximum Gasteiger partial charge on any atom is 0.416 e. The molecule has 0 bridgehead atoms. The van der Waals surface area contributed by atoms with Gasteiger partial charge in [0.05, 0.1) is 17.7 Å². The fourth-order valence-electron chi connectivity index (χ4n) is 3.99. The van der Waals surface area contributed by atoms with Crippen LogP contribution < -0.4 is 5.32 Å². The Balaban J connectivity index is 2.76. The first-order valence-corrected chi connectivity index (χ1v) is 9.48. The van der Waals surface area contributed by atoms with Crippen LogP contribution in [0.15, 0.2) is 35.5 Å². The minimum absolute atomic E-state index is 0.0128. The van der Waals surface area contributed by atoms with E-state index in [9.17, 15) is 27.9 Å². The summed E-state index contributed by atoms with van der Waals surface area (Å²) in [5.74, 6) is -1.12. The predicted octanol–water partition coefficient (Wildman–Crippen LogP) is 3.34. The van der Waals surface area contributed by atoms with Crippen molar-refractivity contribution in [1.29, 1.82) is 0 Å². The number of carboxylic acids is 1. The molecule has 0 fully saturated rings. The fraction of sp³-hybridized carbons (Fsp3) is 0.455. The number of ether oxygens (including phenoxy) is 2. The van der Waals surface area contributed by atoms with Crippen molar-refractivity contribution in [2.24, 2.45) is 5.41 Å². The van der Waals surface area contributed by atoms with E-state index in [1.165, 1.54) is 19.2 Å². The number of alkyl halides is 3. The maximum absolute atomic E-state index is 13.4. The van der Waals surface area contributed by atoms with Gasteiger partial charge in [0.1, 0.15) is 12.0 Å². The summed E-state index contributed by atoms with van der Waals surface area (Å²) in [6.07, 6.45) is 0.500. The second-order valence-corrected chi connectivity index (χ2v) is 7.32. The first kappa shape index (κ1) is 24.3. The second kappa shape index (κ2) is 9.43. The number of carbonyl (C=O) groups is 2. The number of methoxy groups -OCH3 is 1. The SMILES string of the molecule is C#CCC1(C(=O)O)C(C)NC(C)=C(C(=O)OCCOC)C1c1cccc(C(F)(F)F)c1. The number of carbonyl (C=O) groups excluding carboxylic acids is 1. The standard InChI is InChI=1S/C22H24F3NO5/c1-5-9-21(20(28)29)14(3)26-13(2)17(19(27)31-11-10-30-4)18(21)15-7-6-8-16(12-15)22(23,24)25/h1,6-8,12,14,18,26H,9-11H2,2-4H3,(H,28,29). The van der Waals surface area contributed by atoms with Crippen LogP contribution in [0.3, 0.4) is 0 Å². The van der Waals surface area contributed by atoms with Crippen LogP contribution in [0, 0.1) is 17.8 Å². The van der Waals surface area contributed by atoms with E-state index in [2.05, 4.69) is 11.2 Å². The molecule has 1 aliphatic heterocycles. The van der Waals surface area contributed by atoms with Crippen molar-refractivity contribution in [3.8, 4) is 12.3 Å². The number of esters is 1. The Morgan fingerprint density at radius 1 is 1.32 bits per heavy atom. The van der Waals surface area contributed by atoms with Crippen molar-refractivity contribution >= 4 is 11.9 Å². The van der Waals surface area contributed by atoms with Gasteiger partial charge in [0.15, 0.2) is 0 Å². The van der Waals surface area contributed by atoms with Crippen molar-refractivity contribution in [3.05, 3.63) is 46.7 Å². The van der Waals surface area contributed by atoms with Crippen LogP contribution in [0.4, 0.5) is 13.2 Å². The van der Waals surface area contributed by atoms with Crippen LogP contribution in [0.2, 0.25) is 0 Å². The Morgan fingerprint density at radius 3 is 2.55 bits per heavy atom. The lowest BCUT2D eigenvalue weighted by Gasteiger charge is -2.46. The first-order chi connectivity index (χ1) is 14.5. The molecule has 31 heavy (non-hydrogen) atoms. The zero-order chi connectivity index (χ0) is 23.4. The molecule has 0 saturated heterocycles. The third-order valence-corrected chi connectivity index (χ3v) is 5.49. The van der Waals surface area contributed by atoms with Crippen LogP contribution >= 0.6 is 0 Å². The number of nitrogens with one attached hydrogen (secondary N) is 1. The first-order valence-electron chi connectivity index (χ1n) is 9.48. The molecule has 3 unspecified atom stereocenters. The summed E-state index contributed by atoms with van der Waals surface area (Å²) < 4.78 is 50.2. The molecule has 0 radical (unpaired) electrons. The van der Waals surface area contributed by atoms with E-state index >= 15 is 0 Å². The van der Waals surface area contributed by atoms with Crippen molar-refractivity contribution in [2.45, 2.75) is 38.4 Å². The van der Waals surface area contributed by atoms with E-state index in [4.69, 9.17) is 15.9 Å². The van der Waals surface area contributed by atoms with E-state index in [1.807, 2.05) is 0 Å². The number of halogens is 3. The number of aliphatic carboxylic acids is 1. The maximum atomic E-state index is 13.4. The highest BCUT2D eigenvalue weighted by Crippen LogP contribution is 2.51. The highest BCUT2D eigenvalue weighted by Gasteiger charge is 2.56. The van der Waals surface area contributed by atoms with Crippen molar-refractivity contribution < 1.29 is 37.3 Å². The highest BCUT2D eigenvalue weighted by atomic mass is 19.4. The third-order valence-electron chi connectivity index (χ3n) is 5.49. The van der Waals surface area contributed by atoms with Gasteiger partial charge in [0.2, 0.25) is 0 Å². The summed E-state index contributed by atoms with van der Waals surface area (Å²) in [7, 11) is 1.41. The summed E-state index contributed by atoms with van der Waals surface area (Å²) in [5.41, 5.74) is -2.49. The van der Waals surface area contributed by atoms with Gasteiger partial charge in [-0.05, 0) is 25.5 Å². The number of carboxylic acid groups (broad SMARTS) is 1. The normalized spacial score (nSPS) is 23.6. The molecular formula is C22H24F3NO5. The Morgan fingerprint density at radius 2 is 2.00 bits per heavy atom. The largest absolute Gasteiger partial charge is 0.481 e. The number of terminal acetylenes is 1. The second-order valence-electron chi connectivity index (χ2n) is 7.32. The monoisotopic (exact) mass is 439 g/mol. The van der Waals surface area contributed by atoms with Gasteiger partial charge in [-0.25, -0.2) is 4.79 Å². The Labute approximate surface area is 178 Å². The molecule has 1 aromatic carbocycles. The van der Waals surface area contributed by atoms with Crippen LogP contribution in [0.1, 0.15) is 37.3 Å². The fourth-order valence-corrected chi connectivity index (χ4v) is 3.99. The van der Waals surface area contributed by atoms with Gasteiger partial charge < -0.3 is 19.9 Å². The summed E-state index contributed by atoms with van der Waals surface area (Å²) in [6, 6.07) is 3.49. The Kier molecular flexibility index (Phi) is 7.39. The van der Waals surface area contributed by atoms with Crippen LogP contribution in [0.25, 0.3) is 0 Å². The van der Waals surface area contributed by atoms with E-state index in [-0.39, 0.29) is 30.8 Å². The lowest BCUT2D eigenvalue weighted by atomic mass is 9.60. The van der Waals surface area contributed by atoms with Gasteiger partial charge >= 0.3 is 18.1 Å². The molecule has 6 nitrogen and oxygen atoms in total. The molecule has 2 rings (SSSR count). The zero-order valence-corrected chi connectivity index (χ0v) is 17.4. The van der Waals surface area contributed by atoms with E-state index in [0.29, 0.717) is 5.70 Å². The topological polar surface area (TPSA) is 84.9 Å². The van der Waals surface area contributed by atoms with Gasteiger partial charge in [-0.2, -0.15) is 13.2 Å². The Bertz CT molecular complexity index is 918. The van der Waals surface area contributed by atoms with Crippen LogP contribution in [0.5, 0.6) is 0 Å². The van der Waals surface area contributed by atoms with Gasteiger partial charge in [-0.15, -0.1) is 12.3 Å². The van der Waals surface area contributed by atoms with Crippen LogP contribution in [-0.4, -0.2) is 43.4 Å². The molecule has 0 aromatic heterocycles.